The lowest BCUT2D eigenvalue weighted by Crippen LogP contribution is -2.33. The van der Waals surface area contributed by atoms with Gasteiger partial charge in [-0.3, -0.25) is 0 Å². The average Bonchev–Trinajstić information content (AvgIpc) is 3.41. The van der Waals surface area contributed by atoms with Crippen LogP contribution in [0.4, 0.5) is 5.69 Å². The summed E-state index contributed by atoms with van der Waals surface area (Å²) in [7, 11) is 6.67. The number of ether oxygens (including phenoxy) is 4. The van der Waals surface area contributed by atoms with Crippen molar-refractivity contribution in [2.45, 2.75) is 25.3 Å². The molecule has 1 aliphatic rings. The van der Waals surface area contributed by atoms with Crippen molar-refractivity contribution >= 4 is 45.1 Å². The van der Waals surface area contributed by atoms with Crippen molar-refractivity contribution < 1.29 is 23.5 Å². The fraction of sp³-hybridized carbons (Fsp3) is 0.296. The van der Waals surface area contributed by atoms with Gasteiger partial charge >= 0.3 is 0 Å². The first kappa shape index (κ1) is 25.0. The number of methoxy groups -OCH3 is 4. The van der Waals surface area contributed by atoms with Crippen LogP contribution in [0.25, 0.3) is 16.3 Å². The van der Waals surface area contributed by atoms with Gasteiger partial charge in [0.25, 0.3) is 5.01 Å². The van der Waals surface area contributed by atoms with Crippen LogP contribution in [0.2, 0.25) is 0 Å². The monoisotopic (exact) mass is 511 g/mol. The summed E-state index contributed by atoms with van der Waals surface area (Å²) in [6.07, 6.45) is 10.5. The number of thioether (sulfide) groups is 1. The van der Waals surface area contributed by atoms with Gasteiger partial charge in [0.2, 0.25) is 5.52 Å². The lowest BCUT2D eigenvalue weighted by molar-refractivity contribution is -0.665. The first-order chi connectivity index (χ1) is 17.1. The average molecular weight is 512 g/mol. The highest BCUT2D eigenvalue weighted by atomic mass is 32.2. The summed E-state index contributed by atoms with van der Waals surface area (Å²) in [6.45, 7) is 6.05. The molecule has 4 rings (SSSR count). The second kappa shape index (κ2) is 11.1. The third kappa shape index (κ3) is 4.86. The lowest BCUT2D eigenvalue weighted by atomic mass is 10.2. The molecule has 3 aromatic rings. The standard InChI is InChI=1S/C27H31N2O4S2/c1-7-28-18-14-20(30-3)22(32-5)16-24(18)34-26(28)12-10-9-11-13-27-29(8-2)19-15-21(31-4)23(33-6)17-25(19)35-27/h9-17H,7-8H2,1-6H3/q+1. The molecule has 2 heterocycles. The Balaban J connectivity index is 1.55. The molecule has 35 heavy (non-hydrogen) atoms. The van der Waals surface area contributed by atoms with Crippen LogP contribution in [-0.2, 0) is 6.54 Å². The van der Waals surface area contributed by atoms with E-state index in [1.807, 2.05) is 24.3 Å². The minimum Gasteiger partial charge on any atom is -0.493 e. The van der Waals surface area contributed by atoms with Crippen LogP contribution >= 0.6 is 23.1 Å². The van der Waals surface area contributed by atoms with Crippen LogP contribution < -0.4 is 28.4 Å². The molecule has 0 bridgehead atoms. The Kier molecular flexibility index (Phi) is 7.93. The van der Waals surface area contributed by atoms with Crippen LogP contribution in [0, 0.1) is 0 Å². The maximum absolute atomic E-state index is 5.49. The molecule has 0 atom stereocenters. The Morgan fingerprint density at radius 1 is 0.829 bits per heavy atom. The molecule has 8 heteroatoms. The second-order valence-electron chi connectivity index (χ2n) is 7.63. The van der Waals surface area contributed by atoms with Gasteiger partial charge in [-0.25, -0.2) is 0 Å². The van der Waals surface area contributed by atoms with Crippen molar-refractivity contribution in [2.24, 2.45) is 0 Å². The number of nitrogens with zero attached hydrogens (tertiary/aromatic N) is 2. The molecule has 0 saturated carbocycles. The van der Waals surface area contributed by atoms with Gasteiger partial charge in [-0.05, 0) is 19.9 Å². The Hall–Kier alpha value is -3.10. The van der Waals surface area contributed by atoms with Gasteiger partial charge in [0.1, 0.15) is 11.2 Å². The van der Waals surface area contributed by atoms with Crippen molar-refractivity contribution in [1.82, 2.24) is 0 Å². The predicted octanol–water partition coefficient (Wildman–Crippen LogP) is 6.29. The van der Waals surface area contributed by atoms with E-state index < -0.39 is 0 Å². The van der Waals surface area contributed by atoms with Crippen molar-refractivity contribution in [2.75, 3.05) is 39.9 Å². The zero-order chi connectivity index (χ0) is 24.9. The van der Waals surface area contributed by atoms with Gasteiger partial charge in [0.15, 0.2) is 23.0 Å². The number of benzene rings is 2. The van der Waals surface area contributed by atoms with Crippen LogP contribution in [0.1, 0.15) is 18.9 Å². The van der Waals surface area contributed by atoms with Gasteiger partial charge in [-0.2, -0.15) is 4.57 Å². The Morgan fingerprint density at radius 3 is 2.14 bits per heavy atom. The predicted molar refractivity (Wildman–Crippen MR) is 145 cm³/mol. The molecular formula is C27H31N2O4S2+. The number of hydrogen-bond acceptors (Lipinski definition) is 7. The van der Waals surface area contributed by atoms with Crippen LogP contribution in [0.3, 0.4) is 0 Å². The molecule has 0 N–H and O–H groups in total. The summed E-state index contributed by atoms with van der Waals surface area (Å²) in [5, 5.41) is 2.35. The van der Waals surface area contributed by atoms with Crippen molar-refractivity contribution in [3.63, 3.8) is 0 Å². The lowest BCUT2D eigenvalue weighted by Gasteiger charge is -2.18. The zero-order valence-corrected chi connectivity index (χ0v) is 22.6. The quantitative estimate of drug-likeness (QED) is 0.249. The highest BCUT2D eigenvalue weighted by Crippen LogP contribution is 2.50. The molecule has 0 fully saturated rings. The first-order valence-electron chi connectivity index (χ1n) is 11.4. The molecule has 0 radical (unpaired) electrons. The van der Waals surface area contributed by atoms with Crippen molar-refractivity contribution in [3.05, 3.63) is 58.6 Å². The maximum atomic E-state index is 5.49. The normalized spacial score (nSPS) is 14.5. The smallest absolute Gasteiger partial charge is 0.262 e. The van der Waals surface area contributed by atoms with E-state index in [0.29, 0.717) is 0 Å². The van der Waals surface area contributed by atoms with E-state index in [-0.39, 0.29) is 0 Å². The van der Waals surface area contributed by atoms with Crippen LogP contribution in [0.15, 0.2) is 58.5 Å². The number of thiazole rings is 1. The maximum Gasteiger partial charge on any atom is 0.262 e. The molecule has 6 nitrogen and oxygen atoms in total. The van der Waals surface area contributed by atoms with Gasteiger partial charge in [-0.1, -0.05) is 41.3 Å². The van der Waals surface area contributed by atoms with E-state index >= 15 is 0 Å². The third-order valence-electron chi connectivity index (χ3n) is 5.81. The summed E-state index contributed by atoms with van der Waals surface area (Å²) in [5.74, 6) is 2.98. The molecule has 1 aromatic heterocycles. The first-order valence-corrected chi connectivity index (χ1v) is 13.1. The second-order valence-corrected chi connectivity index (χ2v) is 9.75. The van der Waals surface area contributed by atoms with E-state index in [9.17, 15) is 0 Å². The van der Waals surface area contributed by atoms with Crippen molar-refractivity contribution in [1.29, 1.82) is 0 Å². The number of rotatable bonds is 9. The number of fused-ring (bicyclic) bond motifs is 2. The Bertz CT molecular complexity index is 1310. The molecule has 184 valence electrons. The fourth-order valence-electron chi connectivity index (χ4n) is 4.10. The zero-order valence-electron chi connectivity index (χ0n) is 21.0. The molecule has 0 spiro atoms. The Labute approximate surface area is 215 Å². The van der Waals surface area contributed by atoms with E-state index in [1.165, 1.54) is 19.6 Å². The molecule has 2 aromatic carbocycles. The summed E-state index contributed by atoms with van der Waals surface area (Å²) >= 11 is 3.48. The van der Waals surface area contributed by atoms with Crippen LogP contribution in [-0.4, -0.2) is 35.0 Å². The van der Waals surface area contributed by atoms with Gasteiger partial charge in [0.05, 0.1) is 45.2 Å². The van der Waals surface area contributed by atoms with Gasteiger partial charge < -0.3 is 23.8 Å². The highest BCUT2D eigenvalue weighted by molar-refractivity contribution is 8.03. The molecule has 0 unspecified atom stereocenters. The summed E-state index contributed by atoms with van der Waals surface area (Å²) in [6, 6.07) is 8.18. The minimum absolute atomic E-state index is 0.743. The fourth-order valence-corrected chi connectivity index (χ4v) is 6.40. The topological polar surface area (TPSA) is 44.0 Å². The number of anilines is 1. The van der Waals surface area contributed by atoms with Crippen LogP contribution in [0.5, 0.6) is 23.0 Å². The SMILES string of the molecule is CCN1/C(=C/C=C/C=C/c2sc3cc(OC)c(OC)cc3[n+]2CC)Sc2cc(OC)c(OC)cc21. The van der Waals surface area contributed by atoms with Crippen molar-refractivity contribution in [3.8, 4) is 23.0 Å². The third-order valence-corrected chi connectivity index (χ3v) is 8.03. The number of aryl methyl sites for hydroxylation is 1. The van der Waals surface area contributed by atoms with E-state index in [1.54, 1.807) is 51.5 Å². The largest absolute Gasteiger partial charge is 0.493 e. The number of aromatic nitrogens is 1. The molecule has 0 saturated heterocycles. The van der Waals surface area contributed by atoms with E-state index in [0.717, 1.165) is 47.3 Å². The summed E-state index contributed by atoms with van der Waals surface area (Å²) in [4.78, 5) is 3.45. The summed E-state index contributed by atoms with van der Waals surface area (Å²) in [5.41, 5.74) is 2.29. The van der Waals surface area contributed by atoms with E-state index in [2.05, 4.69) is 53.7 Å². The number of allylic oxidation sites excluding steroid dienone is 4. The molecular weight excluding hydrogens is 480 g/mol. The summed E-state index contributed by atoms with van der Waals surface area (Å²) < 4.78 is 25.4. The molecule has 1 aliphatic heterocycles. The van der Waals surface area contributed by atoms with E-state index in [4.69, 9.17) is 18.9 Å². The minimum atomic E-state index is 0.743. The molecule has 0 amide bonds. The van der Waals surface area contributed by atoms with Gasteiger partial charge in [-0.15, -0.1) is 0 Å². The van der Waals surface area contributed by atoms with Gasteiger partial charge in [0, 0.05) is 35.7 Å². The highest BCUT2D eigenvalue weighted by Gasteiger charge is 2.26. The Morgan fingerprint density at radius 2 is 1.49 bits per heavy atom. The number of hydrogen-bond donors (Lipinski definition) is 0. The molecule has 0 aliphatic carbocycles.